The highest BCUT2D eigenvalue weighted by molar-refractivity contribution is 7.13. The zero-order valence-corrected chi connectivity index (χ0v) is 25.5. The molecule has 3 aromatic heterocycles. The molecule has 5 aromatic rings. The highest BCUT2D eigenvalue weighted by atomic mass is 35.5. The fourth-order valence-corrected chi connectivity index (χ4v) is 8.08. The van der Waals surface area contributed by atoms with Gasteiger partial charge in [-0.05, 0) is 66.8 Å². The Morgan fingerprint density at radius 1 is 0.953 bits per heavy atom. The summed E-state index contributed by atoms with van der Waals surface area (Å²) in [6, 6.07) is 20.6. The van der Waals surface area contributed by atoms with Crippen LogP contribution in [0.2, 0.25) is 5.28 Å². The number of benzene rings is 2. The molecule has 2 fully saturated rings. The van der Waals surface area contributed by atoms with Crippen molar-refractivity contribution in [3.8, 4) is 10.6 Å². The molecule has 1 saturated heterocycles. The van der Waals surface area contributed by atoms with E-state index in [1.807, 2.05) is 29.0 Å². The maximum atomic E-state index is 11.4. The van der Waals surface area contributed by atoms with Gasteiger partial charge in [0.1, 0.15) is 16.8 Å². The third kappa shape index (κ3) is 5.99. The van der Waals surface area contributed by atoms with Gasteiger partial charge < -0.3 is 19.7 Å². The van der Waals surface area contributed by atoms with Gasteiger partial charge in [-0.2, -0.15) is 4.98 Å². The number of hydrogen-bond acceptors (Lipinski definition) is 7. The molecule has 0 spiro atoms. The van der Waals surface area contributed by atoms with Crippen LogP contribution >= 0.6 is 22.9 Å². The summed E-state index contributed by atoms with van der Waals surface area (Å²) in [5.41, 5.74) is 5.16. The molecule has 2 aliphatic rings. The maximum Gasteiger partial charge on any atom is 0.224 e. The van der Waals surface area contributed by atoms with Gasteiger partial charge in [0.05, 0.1) is 17.8 Å². The number of likely N-dealkylation sites (tertiary alicyclic amines) is 1. The summed E-state index contributed by atoms with van der Waals surface area (Å²) in [6.45, 7) is 3.04. The van der Waals surface area contributed by atoms with Crippen LogP contribution in [0.5, 0.6) is 0 Å². The number of hydrogen-bond donors (Lipinski definition) is 2. The van der Waals surface area contributed by atoms with E-state index < -0.39 is 12.2 Å². The lowest BCUT2D eigenvalue weighted by molar-refractivity contribution is -0.0140. The Balaban J connectivity index is 1.12. The van der Waals surface area contributed by atoms with Crippen LogP contribution in [-0.4, -0.2) is 66.5 Å². The number of aliphatic hydroxyl groups excluding tert-OH is 2. The molecule has 7 nitrogen and oxygen atoms in total. The van der Waals surface area contributed by atoms with E-state index >= 15 is 0 Å². The van der Waals surface area contributed by atoms with Crippen LogP contribution in [-0.2, 0) is 12.8 Å². The van der Waals surface area contributed by atoms with E-state index in [4.69, 9.17) is 16.6 Å². The van der Waals surface area contributed by atoms with Crippen LogP contribution in [0, 0.1) is 11.8 Å². The minimum absolute atomic E-state index is 0.00933. The van der Waals surface area contributed by atoms with Gasteiger partial charge in [0.15, 0.2) is 0 Å². The molecule has 2 N–H and O–H groups in total. The number of thiazole rings is 1. The predicted molar refractivity (Wildman–Crippen MR) is 171 cm³/mol. The van der Waals surface area contributed by atoms with E-state index in [1.165, 1.54) is 11.1 Å². The fourth-order valence-electron chi connectivity index (χ4n) is 7.11. The molecule has 43 heavy (non-hydrogen) atoms. The summed E-state index contributed by atoms with van der Waals surface area (Å²) < 4.78 is 2.01. The van der Waals surface area contributed by atoms with Gasteiger partial charge in [-0.15, -0.1) is 11.3 Å². The number of aliphatic hydroxyl groups is 2. The molecule has 0 bridgehead atoms. The lowest BCUT2D eigenvalue weighted by Gasteiger charge is -2.37. The molecular formula is C34H36ClN5O2S. The quantitative estimate of drug-likeness (QED) is 0.208. The molecule has 7 rings (SSSR count). The third-order valence-electron chi connectivity index (χ3n) is 9.31. The number of nitrogens with zero attached hydrogens (tertiary/aromatic N) is 5. The monoisotopic (exact) mass is 613 g/mol. The third-order valence-corrected chi connectivity index (χ3v) is 10.4. The average Bonchev–Trinajstić information content (AvgIpc) is 3.73. The van der Waals surface area contributed by atoms with E-state index in [0.29, 0.717) is 18.0 Å². The summed E-state index contributed by atoms with van der Waals surface area (Å²) in [6.07, 6.45) is 6.72. The van der Waals surface area contributed by atoms with E-state index in [1.54, 1.807) is 17.5 Å². The topological polar surface area (TPSA) is 87.3 Å². The second kappa shape index (κ2) is 12.5. The zero-order chi connectivity index (χ0) is 29.3. The van der Waals surface area contributed by atoms with Crippen molar-refractivity contribution in [1.82, 2.24) is 24.4 Å². The summed E-state index contributed by atoms with van der Waals surface area (Å²) >= 11 is 7.88. The normalized spacial score (nSPS) is 24.6. The van der Waals surface area contributed by atoms with Crippen molar-refractivity contribution in [2.24, 2.45) is 11.8 Å². The van der Waals surface area contributed by atoms with Crippen molar-refractivity contribution in [1.29, 1.82) is 0 Å². The van der Waals surface area contributed by atoms with Crippen LogP contribution in [0.25, 0.3) is 21.6 Å². The Morgan fingerprint density at radius 2 is 1.72 bits per heavy atom. The lowest BCUT2D eigenvalue weighted by Crippen LogP contribution is -2.42. The van der Waals surface area contributed by atoms with Crippen LogP contribution < -0.4 is 0 Å². The lowest BCUT2D eigenvalue weighted by atomic mass is 9.83. The summed E-state index contributed by atoms with van der Waals surface area (Å²) in [5.74, 6) is 0.341. The van der Waals surface area contributed by atoms with E-state index in [-0.39, 0.29) is 17.2 Å². The van der Waals surface area contributed by atoms with Crippen molar-refractivity contribution in [2.45, 2.75) is 50.4 Å². The average molecular weight is 614 g/mol. The SMILES string of the molecule is O[C@@H]1[C@H](O)[C@@H](C2CCCN(CCc3ccccc3)C2)C[C@H]1n1cc(-c2nc(Cc3ccccc3)cs2)c2cnc(Cl)nc21. The Kier molecular flexibility index (Phi) is 8.29. The molecule has 5 atom stereocenters. The Hall–Kier alpha value is -3.14. The smallest absolute Gasteiger partial charge is 0.224 e. The largest absolute Gasteiger partial charge is 0.390 e. The Morgan fingerprint density at radius 3 is 2.51 bits per heavy atom. The van der Waals surface area contributed by atoms with Crippen molar-refractivity contribution in [3.05, 3.63) is 101 Å². The Labute approximate surface area is 260 Å². The maximum absolute atomic E-state index is 11.4. The molecule has 0 radical (unpaired) electrons. The molecule has 4 heterocycles. The number of fused-ring (bicyclic) bond motifs is 1. The molecule has 1 aliphatic heterocycles. The van der Waals surface area contributed by atoms with Crippen LogP contribution in [0.4, 0.5) is 0 Å². The molecule has 2 aromatic carbocycles. The highest BCUT2D eigenvalue weighted by Crippen LogP contribution is 2.45. The fraction of sp³-hybridized carbons (Fsp3) is 0.382. The molecule has 1 aliphatic carbocycles. The van der Waals surface area contributed by atoms with Gasteiger partial charge in [0.2, 0.25) is 5.28 Å². The van der Waals surface area contributed by atoms with Gasteiger partial charge in [-0.1, -0.05) is 60.7 Å². The second-order valence-electron chi connectivity index (χ2n) is 12.0. The van der Waals surface area contributed by atoms with Gasteiger partial charge in [-0.25, -0.2) is 9.97 Å². The molecule has 1 unspecified atom stereocenters. The van der Waals surface area contributed by atoms with Crippen LogP contribution in [0.3, 0.4) is 0 Å². The minimum atomic E-state index is -0.896. The number of aromatic nitrogens is 4. The number of halogens is 1. The van der Waals surface area contributed by atoms with E-state index in [0.717, 1.165) is 67.0 Å². The van der Waals surface area contributed by atoms with Crippen molar-refractivity contribution < 1.29 is 10.2 Å². The standard InChI is InChI=1S/C34H36ClN5O2S/c35-34-36-18-27-28(33-37-25(21-43-33)16-23-10-5-2-6-11-23)20-40(32(27)38-34)29-17-26(30(41)31(29)42)24-12-7-14-39(19-24)15-13-22-8-3-1-4-9-22/h1-6,8-11,18,20-21,24,26,29-31,41-42H,7,12-17,19H2/t24?,26-,29-,30-,31+/m1/s1. The van der Waals surface area contributed by atoms with Crippen LogP contribution in [0.15, 0.2) is 78.4 Å². The van der Waals surface area contributed by atoms with Crippen molar-refractivity contribution in [2.75, 3.05) is 19.6 Å². The molecule has 1 saturated carbocycles. The summed E-state index contributed by atoms with van der Waals surface area (Å²) in [4.78, 5) is 16.4. The zero-order valence-electron chi connectivity index (χ0n) is 24.0. The predicted octanol–water partition coefficient (Wildman–Crippen LogP) is 6.04. The van der Waals surface area contributed by atoms with Gasteiger partial charge in [0.25, 0.3) is 0 Å². The first-order valence-electron chi connectivity index (χ1n) is 15.2. The van der Waals surface area contributed by atoms with Crippen molar-refractivity contribution >= 4 is 34.0 Å². The molecule has 9 heteroatoms. The first-order chi connectivity index (χ1) is 21.0. The van der Waals surface area contributed by atoms with E-state index in [2.05, 4.69) is 62.7 Å². The van der Waals surface area contributed by atoms with Gasteiger partial charge in [0, 0.05) is 48.2 Å². The van der Waals surface area contributed by atoms with Gasteiger partial charge >= 0.3 is 0 Å². The van der Waals surface area contributed by atoms with E-state index in [9.17, 15) is 10.2 Å². The minimum Gasteiger partial charge on any atom is -0.390 e. The Bertz CT molecular complexity index is 1680. The molecule has 222 valence electrons. The first-order valence-corrected chi connectivity index (χ1v) is 16.4. The number of rotatable bonds is 8. The second-order valence-corrected chi connectivity index (χ2v) is 13.2. The molecule has 0 amide bonds. The van der Waals surface area contributed by atoms with Gasteiger partial charge in [-0.3, -0.25) is 0 Å². The summed E-state index contributed by atoms with van der Waals surface area (Å²) in [5, 5.41) is 26.8. The summed E-state index contributed by atoms with van der Waals surface area (Å²) in [7, 11) is 0. The van der Waals surface area contributed by atoms with Crippen LogP contribution in [0.1, 0.15) is 42.1 Å². The first kappa shape index (κ1) is 28.6. The van der Waals surface area contributed by atoms with Crippen molar-refractivity contribution in [3.63, 3.8) is 0 Å². The molecular weight excluding hydrogens is 578 g/mol. The number of piperidine rings is 1. The highest BCUT2D eigenvalue weighted by Gasteiger charge is 2.47.